The van der Waals surface area contributed by atoms with Crippen LogP contribution in [-0.4, -0.2) is 223 Å². The second-order valence-electron chi connectivity index (χ2n) is 23.1. The zero-order valence-corrected chi connectivity index (χ0v) is 47.5. The minimum absolute atomic E-state index is 0.0155. The first-order chi connectivity index (χ1) is 36.1. The lowest BCUT2D eigenvalue weighted by atomic mass is 9.77. The summed E-state index contributed by atoms with van der Waals surface area (Å²) in [6.07, 6.45) is -8.18. The Labute approximate surface area is 454 Å². The Morgan fingerprint density at radius 2 is 1.65 bits per heavy atom. The molecule has 77 heavy (non-hydrogen) atoms. The fourth-order valence-corrected chi connectivity index (χ4v) is 12.0. The summed E-state index contributed by atoms with van der Waals surface area (Å²) in [7, 11) is 5.09. The number of halogens is 1. The van der Waals surface area contributed by atoms with Crippen molar-refractivity contribution in [2.75, 3.05) is 83.5 Å². The molecule has 2 amide bonds. The monoisotopic (exact) mass is 1100 g/mol. The maximum atomic E-state index is 15.2. The van der Waals surface area contributed by atoms with Crippen LogP contribution in [0.25, 0.3) is 0 Å². The summed E-state index contributed by atoms with van der Waals surface area (Å²) < 4.78 is 64.2. The number of methoxy groups -OCH3 is 1. The van der Waals surface area contributed by atoms with Gasteiger partial charge in [0.15, 0.2) is 12.6 Å². The van der Waals surface area contributed by atoms with E-state index in [1.807, 2.05) is 35.6 Å². The van der Waals surface area contributed by atoms with E-state index in [9.17, 15) is 39.9 Å². The number of amides is 2. The van der Waals surface area contributed by atoms with E-state index in [0.29, 0.717) is 50.6 Å². The van der Waals surface area contributed by atoms with Gasteiger partial charge in [-0.2, -0.15) is 0 Å². The van der Waals surface area contributed by atoms with Crippen molar-refractivity contribution in [3.8, 4) is 0 Å². The Morgan fingerprint density at radius 1 is 0.961 bits per heavy atom. The van der Waals surface area contributed by atoms with Gasteiger partial charge >= 0.3 is 12.1 Å². The number of morpholine rings is 1. The summed E-state index contributed by atoms with van der Waals surface area (Å²) in [5, 5.41) is 62.4. The van der Waals surface area contributed by atoms with Gasteiger partial charge in [0.1, 0.15) is 41.9 Å². The number of cyclic esters (lactones) is 2. The zero-order chi connectivity index (χ0) is 56.9. The predicted molar refractivity (Wildman–Crippen MR) is 282 cm³/mol. The molecule has 0 saturated carbocycles. The molecule has 6 N–H and O–H groups in total. The zero-order valence-electron chi connectivity index (χ0n) is 47.5. The molecule has 0 bridgehead atoms. The highest BCUT2D eigenvalue weighted by molar-refractivity contribution is 5.90. The summed E-state index contributed by atoms with van der Waals surface area (Å²) >= 11 is 0. The molecule has 5 aliphatic heterocycles. The number of rotatable bonds is 14. The highest BCUT2D eigenvalue weighted by Gasteiger charge is 2.53. The number of hydrogen-bond donors (Lipinski definition) is 6. The predicted octanol–water partition coefficient (Wildman–Crippen LogP) is 2.94. The van der Waals surface area contributed by atoms with E-state index < -0.39 is 132 Å². The lowest BCUT2D eigenvalue weighted by molar-refractivity contribution is -0.318. The van der Waals surface area contributed by atoms with Gasteiger partial charge in [-0.25, -0.2) is 9.18 Å². The first-order valence-electron chi connectivity index (χ1n) is 27.4. The summed E-state index contributed by atoms with van der Waals surface area (Å²) in [5.41, 5.74) is -3.87. The average Bonchev–Trinajstić information content (AvgIpc) is 3.76. The lowest BCUT2D eigenvalue weighted by Gasteiger charge is -2.49. The number of carbonyl (C=O) groups is 3. The van der Waals surface area contributed by atoms with Crippen molar-refractivity contribution >= 4 is 29.3 Å². The molecule has 1 aromatic carbocycles. The molecule has 0 unspecified atom stereocenters. The molecule has 5 aliphatic rings. The Balaban J connectivity index is 1.17. The van der Waals surface area contributed by atoms with Gasteiger partial charge in [0.05, 0.1) is 79.2 Å². The van der Waals surface area contributed by atoms with Crippen molar-refractivity contribution in [3.63, 3.8) is 0 Å². The molecule has 438 valence electrons. The van der Waals surface area contributed by atoms with Gasteiger partial charge in [-0.3, -0.25) is 19.4 Å². The first-order valence-corrected chi connectivity index (χ1v) is 27.4. The Bertz CT molecular complexity index is 2150. The van der Waals surface area contributed by atoms with Crippen LogP contribution < -0.4 is 15.1 Å². The van der Waals surface area contributed by atoms with Crippen molar-refractivity contribution in [2.45, 2.75) is 191 Å². The fourth-order valence-electron chi connectivity index (χ4n) is 12.0. The topological polar surface area (TPSA) is 251 Å². The van der Waals surface area contributed by atoms with Crippen LogP contribution in [0.4, 0.5) is 20.6 Å². The number of anilines is 2. The van der Waals surface area contributed by atoms with Crippen LogP contribution in [0.1, 0.15) is 94.9 Å². The van der Waals surface area contributed by atoms with Crippen LogP contribution in [0.15, 0.2) is 30.4 Å². The highest BCUT2D eigenvalue weighted by atomic mass is 19.1. The SMILES string of the molecule is CC[C@H]1OC(=O)[C@H](C)[C@@H](O[C@@H]2C[C@@](C)(OC)[C@@H](O)[C@H](C)O2)[C@H](C)[C@@H](O[C@@H]2O[C@H](C)C[C@H](N(C)CC=CC(=O)NC[C@H]3CN(c4ccc(N5CCOCC5)c(F)c4)C(=O)O3)[C@H]2O)[C@](C)(O)C[C@@H](C)CN(C)[C@H](C)[C@@H](O)[C@]1(C)O. The fraction of sp³-hybridized carbons (Fsp3) is 0.800. The van der Waals surface area contributed by atoms with E-state index in [2.05, 4.69) is 5.32 Å². The number of nitrogens with zero attached hydrogens (tertiary/aromatic N) is 4. The number of carbonyl (C=O) groups excluding carboxylic acids is 3. The molecule has 5 saturated heterocycles. The molecule has 0 spiro atoms. The largest absolute Gasteiger partial charge is 0.459 e. The summed E-state index contributed by atoms with van der Waals surface area (Å²) in [6, 6.07) is 3.44. The second-order valence-corrected chi connectivity index (χ2v) is 23.1. The van der Waals surface area contributed by atoms with Gasteiger partial charge in [-0.15, -0.1) is 0 Å². The molecule has 21 nitrogen and oxygen atoms in total. The van der Waals surface area contributed by atoms with Gasteiger partial charge in [0.2, 0.25) is 5.91 Å². The molecule has 1 aromatic rings. The maximum absolute atomic E-state index is 15.2. The second kappa shape index (κ2) is 26.3. The molecular weight excluding hydrogens is 1010 g/mol. The van der Waals surface area contributed by atoms with Crippen LogP contribution in [-0.2, 0) is 47.5 Å². The smallest absolute Gasteiger partial charge is 0.414 e. The molecule has 6 rings (SSSR count). The molecule has 0 radical (unpaired) electrons. The molecule has 19 atom stereocenters. The summed E-state index contributed by atoms with van der Waals surface area (Å²) in [4.78, 5) is 47.4. The standard InChI is InChI=1S/C55H90FN5O16/c1-14-42-55(10,69)47(64)35(6)59(12)29-31(2)26-53(8,68)49(33(4)46(34(5)50(66)75-42)76-44-27-54(9,70-13)48(65)36(7)73-44)77-51-45(63)41(24-32(3)72-51)58(11)19-15-16-43(62)57-28-38-30-61(52(67)74-38)37-17-18-40(39(56)25-37)60-20-22-71-23-21-60/h15-18,25,31-36,38,41-42,44-49,51,63-65,68-69H,14,19-24,26-30H2,1-13H3,(H,57,62)/t31-,32-,33+,34-,35-,36+,38+,41+,42-,44-,45-,46+,47-,48+,49-,51+,53-,54-,55-/m1/s1. The Hall–Kier alpha value is -3.62. The maximum Gasteiger partial charge on any atom is 0.414 e. The minimum atomic E-state index is -1.87. The van der Waals surface area contributed by atoms with Crippen molar-refractivity contribution in [1.29, 1.82) is 0 Å². The van der Waals surface area contributed by atoms with Gasteiger partial charge in [-0.1, -0.05) is 26.8 Å². The third-order valence-electron chi connectivity index (χ3n) is 16.7. The Kier molecular flexibility index (Phi) is 21.4. The van der Waals surface area contributed by atoms with Gasteiger partial charge < -0.3 is 78.5 Å². The molecule has 22 heteroatoms. The summed E-state index contributed by atoms with van der Waals surface area (Å²) in [6.45, 7) is 20.1. The van der Waals surface area contributed by atoms with Gasteiger partial charge in [-0.05, 0) is 106 Å². The van der Waals surface area contributed by atoms with E-state index in [1.165, 1.54) is 31.1 Å². The number of ether oxygens (including phenoxy) is 8. The van der Waals surface area contributed by atoms with E-state index in [1.54, 1.807) is 73.7 Å². The normalized spacial score (nSPS) is 40.5. The van der Waals surface area contributed by atoms with Crippen LogP contribution in [0.2, 0.25) is 0 Å². The highest BCUT2D eigenvalue weighted by Crippen LogP contribution is 2.40. The van der Waals surface area contributed by atoms with Crippen LogP contribution in [0, 0.1) is 23.6 Å². The van der Waals surface area contributed by atoms with Crippen molar-refractivity contribution in [3.05, 3.63) is 36.2 Å². The van der Waals surface area contributed by atoms with Crippen LogP contribution in [0.3, 0.4) is 0 Å². The van der Waals surface area contributed by atoms with E-state index in [4.69, 9.17) is 37.9 Å². The van der Waals surface area contributed by atoms with Gasteiger partial charge in [0.25, 0.3) is 0 Å². The number of hydrogen-bond acceptors (Lipinski definition) is 19. The average molecular weight is 1100 g/mol. The van der Waals surface area contributed by atoms with E-state index >= 15 is 4.39 Å². The molecule has 0 aliphatic carbocycles. The lowest BCUT2D eigenvalue weighted by Crippen LogP contribution is -2.60. The third kappa shape index (κ3) is 14.9. The van der Waals surface area contributed by atoms with Crippen LogP contribution >= 0.6 is 0 Å². The first kappa shape index (κ1) is 62.6. The van der Waals surface area contributed by atoms with Crippen molar-refractivity contribution in [1.82, 2.24) is 15.1 Å². The van der Waals surface area contributed by atoms with Gasteiger partial charge in [0, 0.05) is 63.8 Å². The minimum Gasteiger partial charge on any atom is -0.459 e. The third-order valence-corrected chi connectivity index (χ3v) is 16.7. The van der Waals surface area contributed by atoms with Crippen molar-refractivity contribution < 1.29 is 82.2 Å². The molecule has 0 aromatic heterocycles. The number of esters is 1. The summed E-state index contributed by atoms with van der Waals surface area (Å²) in [5.74, 6) is -3.86. The van der Waals surface area contributed by atoms with Crippen LogP contribution in [0.5, 0.6) is 0 Å². The number of aliphatic hydroxyl groups is 5. The van der Waals surface area contributed by atoms with E-state index in [0.717, 1.165) is 0 Å². The molecular formula is C55H90FN5O16. The Morgan fingerprint density at radius 3 is 2.30 bits per heavy atom. The number of nitrogens with one attached hydrogen (secondary N) is 1. The van der Waals surface area contributed by atoms with E-state index in [-0.39, 0.29) is 44.8 Å². The number of benzene rings is 1. The quantitative estimate of drug-likeness (QED) is 0.116. The number of aliphatic hydroxyl groups excluding tert-OH is 3. The molecule has 5 fully saturated rings. The number of likely N-dealkylation sites (N-methyl/N-ethyl adjacent to an activating group) is 2. The molecule has 5 heterocycles. The van der Waals surface area contributed by atoms with Crippen molar-refractivity contribution in [2.24, 2.45) is 17.8 Å².